The topological polar surface area (TPSA) is 80.3 Å². The van der Waals surface area contributed by atoms with Gasteiger partial charge in [-0.15, -0.1) is 0 Å². The molecule has 2 N–H and O–H groups in total. The normalized spacial score (nSPS) is 9.71. The first-order valence-corrected chi connectivity index (χ1v) is 5.18. The van der Waals surface area contributed by atoms with Crippen molar-refractivity contribution in [1.82, 2.24) is 15.6 Å². The van der Waals surface area contributed by atoms with Crippen LogP contribution in [0.25, 0.3) is 0 Å². The number of rotatable bonds is 6. The average Bonchev–Trinajstić information content (AvgIpc) is 2.36. The van der Waals surface area contributed by atoms with Crippen molar-refractivity contribution in [1.29, 1.82) is 0 Å². The minimum absolute atomic E-state index is 0.0261. The van der Waals surface area contributed by atoms with E-state index in [1.807, 2.05) is 0 Å². The quantitative estimate of drug-likeness (QED) is 0.658. The fourth-order valence-electron chi connectivity index (χ4n) is 1.17. The van der Waals surface area contributed by atoms with Gasteiger partial charge in [-0.1, -0.05) is 0 Å². The molecule has 0 bridgehead atoms. The highest BCUT2D eigenvalue weighted by Crippen LogP contribution is 1.94. The Bertz CT molecular complexity index is 367. The smallest absolute Gasteiger partial charge is 0.251 e. The van der Waals surface area contributed by atoms with Crippen LogP contribution in [0, 0.1) is 0 Å². The molecule has 1 aromatic rings. The summed E-state index contributed by atoms with van der Waals surface area (Å²) in [6.45, 7) is 0.772. The molecule has 1 heterocycles. The highest BCUT2D eigenvalue weighted by molar-refractivity contribution is 5.93. The number of nitrogens with one attached hydrogen (secondary N) is 2. The zero-order valence-electron chi connectivity index (χ0n) is 9.60. The molecule has 0 aliphatic heterocycles. The molecule has 0 aliphatic rings. The van der Waals surface area contributed by atoms with Gasteiger partial charge in [0.05, 0.1) is 0 Å². The van der Waals surface area contributed by atoms with Gasteiger partial charge in [-0.3, -0.25) is 14.6 Å². The summed E-state index contributed by atoms with van der Waals surface area (Å²) < 4.78 is 4.64. The Morgan fingerprint density at radius 2 is 1.88 bits per heavy atom. The number of nitrogens with zero attached hydrogens (tertiary/aromatic N) is 1. The SMILES string of the molecule is COCC(=O)NCCNC(=O)c1ccncc1. The molecule has 6 nitrogen and oxygen atoms in total. The molecular weight excluding hydrogens is 222 g/mol. The molecule has 1 rings (SSSR count). The van der Waals surface area contributed by atoms with Crippen molar-refractivity contribution in [2.45, 2.75) is 0 Å². The standard InChI is InChI=1S/C11H15N3O3/c1-17-8-10(15)13-6-7-14-11(16)9-2-4-12-5-3-9/h2-5H,6-8H2,1H3,(H,13,15)(H,14,16). The van der Waals surface area contributed by atoms with Crippen LogP contribution in [0.2, 0.25) is 0 Å². The summed E-state index contributed by atoms with van der Waals surface area (Å²) in [6, 6.07) is 3.25. The Kier molecular flexibility index (Phi) is 5.67. The minimum Gasteiger partial charge on any atom is -0.375 e. The summed E-state index contributed by atoms with van der Waals surface area (Å²) in [5, 5.41) is 5.27. The summed E-state index contributed by atoms with van der Waals surface area (Å²) in [5.74, 6) is -0.390. The Hall–Kier alpha value is -1.95. The first-order valence-electron chi connectivity index (χ1n) is 5.18. The molecule has 0 saturated carbocycles. The molecule has 0 aliphatic carbocycles. The van der Waals surface area contributed by atoms with Crippen molar-refractivity contribution in [3.63, 3.8) is 0 Å². The van der Waals surface area contributed by atoms with Gasteiger partial charge in [0.2, 0.25) is 5.91 Å². The number of amides is 2. The van der Waals surface area contributed by atoms with Crippen LogP contribution in [0.5, 0.6) is 0 Å². The third kappa shape index (κ3) is 5.07. The molecule has 2 amide bonds. The summed E-state index contributed by atoms with van der Waals surface area (Å²) >= 11 is 0. The predicted molar refractivity (Wildman–Crippen MR) is 61.5 cm³/mol. The Labute approximate surface area is 99.4 Å². The Morgan fingerprint density at radius 1 is 1.24 bits per heavy atom. The molecule has 92 valence electrons. The lowest BCUT2D eigenvalue weighted by Crippen LogP contribution is -2.36. The number of carbonyl (C=O) groups excluding carboxylic acids is 2. The number of carbonyl (C=O) groups is 2. The van der Waals surface area contributed by atoms with Gasteiger partial charge in [-0.25, -0.2) is 0 Å². The van der Waals surface area contributed by atoms with E-state index in [9.17, 15) is 9.59 Å². The summed E-state index contributed by atoms with van der Waals surface area (Å²) in [7, 11) is 1.45. The summed E-state index contributed by atoms with van der Waals surface area (Å²) in [5.41, 5.74) is 0.545. The van der Waals surface area contributed by atoms with E-state index in [0.29, 0.717) is 18.7 Å². The lowest BCUT2D eigenvalue weighted by atomic mass is 10.2. The molecule has 0 radical (unpaired) electrons. The van der Waals surface area contributed by atoms with Crippen LogP contribution in [0.1, 0.15) is 10.4 Å². The van der Waals surface area contributed by atoms with E-state index in [0.717, 1.165) is 0 Å². The maximum absolute atomic E-state index is 11.5. The van der Waals surface area contributed by atoms with Crippen molar-refractivity contribution in [2.75, 3.05) is 26.8 Å². The average molecular weight is 237 g/mol. The van der Waals surface area contributed by atoms with E-state index in [4.69, 9.17) is 0 Å². The second-order valence-electron chi connectivity index (χ2n) is 3.27. The van der Waals surface area contributed by atoms with Crippen LogP contribution in [0.15, 0.2) is 24.5 Å². The van der Waals surface area contributed by atoms with Crippen LogP contribution >= 0.6 is 0 Å². The minimum atomic E-state index is -0.203. The van der Waals surface area contributed by atoms with Gasteiger partial charge in [0.15, 0.2) is 0 Å². The monoisotopic (exact) mass is 237 g/mol. The molecule has 0 saturated heterocycles. The van der Waals surface area contributed by atoms with E-state index in [1.165, 1.54) is 7.11 Å². The van der Waals surface area contributed by atoms with Gasteiger partial charge in [-0.05, 0) is 12.1 Å². The van der Waals surface area contributed by atoms with Crippen molar-refractivity contribution >= 4 is 11.8 Å². The molecular formula is C11H15N3O3. The summed E-state index contributed by atoms with van der Waals surface area (Å²) in [6.07, 6.45) is 3.10. The molecule has 0 spiro atoms. The molecule has 6 heteroatoms. The first kappa shape index (κ1) is 13.1. The predicted octanol–water partition coefficient (Wildman–Crippen LogP) is -0.426. The van der Waals surface area contributed by atoms with Gasteiger partial charge >= 0.3 is 0 Å². The zero-order chi connectivity index (χ0) is 12.5. The first-order chi connectivity index (χ1) is 8.24. The van der Waals surface area contributed by atoms with Crippen molar-refractivity contribution < 1.29 is 14.3 Å². The maximum atomic E-state index is 11.5. The summed E-state index contributed by atoms with van der Waals surface area (Å²) in [4.78, 5) is 26.4. The fraction of sp³-hybridized carbons (Fsp3) is 0.364. The largest absolute Gasteiger partial charge is 0.375 e. The third-order valence-corrected chi connectivity index (χ3v) is 1.95. The van der Waals surface area contributed by atoms with Crippen LogP contribution < -0.4 is 10.6 Å². The number of aromatic nitrogens is 1. The van der Waals surface area contributed by atoms with Gasteiger partial charge < -0.3 is 15.4 Å². The van der Waals surface area contributed by atoms with Crippen molar-refractivity contribution in [2.24, 2.45) is 0 Å². The molecule has 1 aromatic heterocycles. The van der Waals surface area contributed by atoms with Gasteiger partial charge in [-0.2, -0.15) is 0 Å². The van der Waals surface area contributed by atoms with Gasteiger partial charge in [0.1, 0.15) is 6.61 Å². The maximum Gasteiger partial charge on any atom is 0.251 e. The molecule has 0 unspecified atom stereocenters. The number of methoxy groups -OCH3 is 1. The lowest BCUT2D eigenvalue weighted by Gasteiger charge is -2.06. The van der Waals surface area contributed by atoms with Crippen molar-refractivity contribution in [3.8, 4) is 0 Å². The second-order valence-corrected chi connectivity index (χ2v) is 3.27. The van der Waals surface area contributed by atoms with E-state index in [-0.39, 0.29) is 18.4 Å². The highest BCUT2D eigenvalue weighted by Gasteiger charge is 2.03. The lowest BCUT2D eigenvalue weighted by molar-refractivity contribution is -0.124. The van der Waals surface area contributed by atoms with Crippen molar-refractivity contribution in [3.05, 3.63) is 30.1 Å². The molecule has 0 atom stereocenters. The van der Waals surface area contributed by atoms with Gasteiger partial charge in [0, 0.05) is 38.2 Å². The third-order valence-electron chi connectivity index (χ3n) is 1.95. The number of hydrogen-bond acceptors (Lipinski definition) is 4. The molecule has 0 aromatic carbocycles. The van der Waals surface area contributed by atoms with E-state index >= 15 is 0 Å². The van der Waals surface area contributed by atoms with E-state index < -0.39 is 0 Å². The van der Waals surface area contributed by atoms with Crippen LogP contribution in [0.3, 0.4) is 0 Å². The van der Waals surface area contributed by atoms with Crippen LogP contribution in [0.4, 0.5) is 0 Å². The van der Waals surface area contributed by atoms with Crippen LogP contribution in [-0.4, -0.2) is 43.6 Å². The van der Waals surface area contributed by atoms with E-state index in [1.54, 1.807) is 24.5 Å². The Morgan fingerprint density at radius 3 is 2.53 bits per heavy atom. The Balaban J connectivity index is 2.19. The number of hydrogen-bond donors (Lipinski definition) is 2. The number of pyridine rings is 1. The zero-order valence-corrected chi connectivity index (χ0v) is 9.60. The van der Waals surface area contributed by atoms with Crippen LogP contribution in [-0.2, 0) is 9.53 Å². The molecule has 0 fully saturated rings. The molecule has 17 heavy (non-hydrogen) atoms. The second kappa shape index (κ2) is 7.34. The van der Waals surface area contributed by atoms with E-state index in [2.05, 4.69) is 20.4 Å². The fourth-order valence-corrected chi connectivity index (χ4v) is 1.17. The van der Waals surface area contributed by atoms with Gasteiger partial charge in [0.25, 0.3) is 5.91 Å². The number of ether oxygens (including phenoxy) is 1. The highest BCUT2D eigenvalue weighted by atomic mass is 16.5.